The van der Waals surface area contributed by atoms with Gasteiger partial charge >= 0.3 is 0 Å². The fraction of sp³-hybridized carbons (Fsp3) is 0.414. The summed E-state index contributed by atoms with van der Waals surface area (Å²) in [4.78, 5) is 27.9. The normalized spacial score (nSPS) is 15.9. The summed E-state index contributed by atoms with van der Waals surface area (Å²) >= 11 is 0. The summed E-state index contributed by atoms with van der Waals surface area (Å²) in [7, 11) is 0.0316. The molecular weight excluding hydrogens is 546 g/mol. The van der Waals surface area contributed by atoms with Gasteiger partial charge in [0, 0.05) is 62.4 Å². The highest BCUT2D eigenvalue weighted by Gasteiger charge is 2.29. The highest BCUT2D eigenvalue weighted by molar-refractivity contribution is 7.88. The summed E-state index contributed by atoms with van der Waals surface area (Å²) in [5.41, 5.74) is 3.42. The van der Waals surface area contributed by atoms with Gasteiger partial charge in [-0.1, -0.05) is 30.3 Å². The first kappa shape index (κ1) is 28.6. The largest absolute Gasteiger partial charge is 0.493 e. The van der Waals surface area contributed by atoms with Gasteiger partial charge in [-0.25, -0.2) is 8.42 Å². The molecule has 1 aliphatic heterocycles. The van der Waals surface area contributed by atoms with E-state index >= 15 is 0 Å². The SMILES string of the molecule is COc1c(CNC(=O)c2cc(C3CC3)nn2C)cccc1OCc1ccccc1C(=O)N1CCN(S(C)(=O)=O)CC1. The average Bonchev–Trinajstić information content (AvgIpc) is 3.75. The van der Waals surface area contributed by atoms with E-state index in [-0.39, 0.29) is 38.1 Å². The van der Waals surface area contributed by atoms with Crippen LogP contribution in [-0.4, -0.2) is 78.8 Å². The lowest BCUT2D eigenvalue weighted by Gasteiger charge is -2.33. The molecule has 5 rings (SSSR count). The number of nitrogens with one attached hydrogen (secondary N) is 1. The fourth-order valence-electron chi connectivity index (χ4n) is 5.00. The first-order valence-corrected chi connectivity index (χ1v) is 15.4. The van der Waals surface area contributed by atoms with Crippen molar-refractivity contribution in [2.24, 2.45) is 7.05 Å². The number of carbonyl (C=O) groups excluding carboxylic acids is 2. The number of hydrogen-bond donors (Lipinski definition) is 1. The van der Waals surface area contributed by atoms with Crippen LogP contribution in [0.3, 0.4) is 0 Å². The van der Waals surface area contributed by atoms with Crippen molar-refractivity contribution < 1.29 is 27.5 Å². The molecule has 1 aliphatic carbocycles. The van der Waals surface area contributed by atoms with Crippen molar-refractivity contribution in [3.63, 3.8) is 0 Å². The van der Waals surface area contributed by atoms with E-state index in [0.717, 1.165) is 24.1 Å². The van der Waals surface area contributed by atoms with Crippen LogP contribution in [0.1, 0.15) is 56.4 Å². The molecule has 2 aromatic carbocycles. The highest BCUT2D eigenvalue weighted by atomic mass is 32.2. The minimum absolute atomic E-state index is 0.121. The van der Waals surface area contributed by atoms with Crippen molar-refractivity contribution in [3.05, 3.63) is 76.6 Å². The minimum atomic E-state index is -3.29. The number of piperazine rings is 1. The molecule has 12 heteroatoms. The van der Waals surface area contributed by atoms with Gasteiger partial charge in [-0.3, -0.25) is 14.3 Å². The molecule has 2 fully saturated rings. The first-order chi connectivity index (χ1) is 19.7. The Bertz CT molecular complexity index is 1540. The van der Waals surface area contributed by atoms with E-state index in [1.807, 2.05) is 30.3 Å². The summed E-state index contributed by atoms with van der Waals surface area (Å²) < 4.78 is 38.5. The predicted molar refractivity (Wildman–Crippen MR) is 152 cm³/mol. The van der Waals surface area contributed by atoms with E-state index < -0.39 is 10.0 Å². The Morgan fingerprint density at radius 1 is 1.02 bits per heavy atom. The number of aryl methyl sites for hydroxylation is 1. The molecule has 1 saturated carbocycles. The molecule has 0 atom stereocenters. The maximum absolute atomic E-state index is 13.3. The molecule has 1 aromatic heterocycles. The zero-order valence-corrected chi connectivity index (χ0v) is 24.3. The van der Waals surface area contributed by atoms with Crippen LogP contribution in [0.15, 0.2) is 48.5 Å². The summed E-state index contributed by atoms with van der Waals surface area (Å²) in [6.45, 7) is 1.54. The summed E-state index contributed by atoms with van der Waals surface area (Å²) in [6.07, 6.45) is 3.41. The zero-order chi connectivity index (χ0) is 29.1. The standard InChI is InChI=1S/C29H35N5O6S/c1-32-25(17-24(31-32)20-11-12-20)28(35)30-18-21-8-6-10-26(27(21)39-2)40-19-22-7-4-5-9-23(22)29(36)33-13-15-34(16-14-33)41(3,37)38/h4-10,17,20H,11-16,18-19H2,1-3H3,(H,30,35). The Morgan fingerprint density at radius 3 is 2.41 bits per heavy atom. The molecule has 2 amide bonds. The van der Waals surface area contributed by atoms with Crippen LogP contribution >= 0.6 is 0 Å². The number of sulfonamides is 1. The van der Waals surface area contributed by atoms with Crippen LogP contribution in [0.2, 0.25) is 0 Å². The number of benzene rings is 2. The van der Waals surface area contributed by atoms with Gasteiger partial charge in [0.05, 0.1) is 19.1 Å². The number of rotatable bonds is 10. The van der Waals surface area contributed by atoms with E-state index in [9.17, 15) is 18.0 Å². The molecule has 41 heavy (non-hydrogen) atoms. The van der Waals surface area contributed by atoms with E-state index in [2.05, 4.69) is 10.4 Å². The van der Waals surface area contributed by atoms with E-state index in [4.69, 9.17) is 9.47 Å². The molecule has 0 spiro atoms. The molecule has 3 aromatic rings. The van der Waals surface area contributed by atoms with Crippen LogP contribution in [0.4, 0.5) is 0 Å². The van der Waals surface area contributed by atoms with Gasteiger partial charge in [-0.2, -0.15) is 9.40 Å². The van der Waals surface area contributed by atoms with Gasteiger partial charge in [0.2, 0.25) is 10.0 Å². The number of carbonyl (C=O) groups is 2. The number of nitrogens with zero attached hydrogens (tertiary/aromatic N) is 4. The summed E-state index contributed by atoms with van der Waals surface area (Å²) in [6, 6.07) is 14.5. The summed E-state index contributed by atoms with van der Waals surface area (Å²) in [5.74, 6) is 1.06. The maximum Gasteiger partial charge on any atom is 0.269 e. The first-order valence-electron chi connectivity index (χ1n) is 13.6. The van der Waals surface area contributed by atoms with Gasteiger partial charge in [0.15, 0.2) is 11.5 Å². The van der Waals surface area contributed by atoms with E-state index in [1.165, 1.54) is 10.6 Å². The Labute approximate surface area is 240 Å². The number of methoxy groups -OCH3 is 1. The van der Waals surface area contributed by atoms with E-state index in [1.54, 1.807) is 41.9 Å². The Kier molecular flexibility index (Phi) is 8.32. The number of ether oxygens (including phenoxy) is 2. The van der Waals surface area contributed by atoms with Crippen LogP contribution in [0.5, 0.6) is 11.5 Å². The van der Waals surface area contributed by atoms with E-state index in [0.29, 0.717) is 47.3 Å². The molecule has 218 valence electrons. The lowest BCUT2D eigenvalue weighted by molar-refractivity contribution is 0.0695. The molecule has 0 radical (unpaired) electrons. The third-order valence-electron chi connectivity index (χ3n) is 7.46. The lowest BCUT2D eigenvalue weighted by Crippen LogP contribution is -2.50. The molecule has 2 aliphatic rings. The molecular formula is C29H35N5O6S. The van der Waals surface area contributed by atoms with Gasteiger partial charge in [-0.05, 0) is 31.0 Å². The Morgan fingerprint density at radius 2 is 1.73 bits per heavy atom. The third-order valence-corrected chi connectivity index (χ3v) is 8.76. The molecule has 1 saturated heterocycles. The number of para-hydroxylation sites is 1. The minimum Gasteiger partial charge on any atom is -0.493 e. The predicted octanol–water partition coefficient (Wildman–Crippen LogP) is 2.53. The fourth-order valence-corrected chi connectivity index (χ4v) is 5.82. The number of hydrogen-bond acceptors (Lipinski definition) is 7. The topological polar surface area (TPSA) is 123 Å². The van der Waals surface area contributed by atoms with Gasteiger partial charge < -0.3 is 19.7 Å². The van der Waals surface area contributed by atoms with Crippen molar-refractivity contribution in [1.82, 2.24) is 24.3 Å². The van der Waals surface area contributed by atoms with Gasteiger partial charge in [0.25, 0.3) is 11.8 Å². The van der Waals surface area contributed by atoms with Crippen molar-refractivity contribution >= 4 is 21.8 Å². The zero-order valence-electron chi connectivity index (χ0n) is 23.5. The van der Waals surface area contributed by atoms with Crippen molar-refractivity contribution in [3.8, 4) is 11.5 Å². The lowest BCUT2D eigenvalue weighted by atomic mass is 10.1. The third kappa shape index (κ3) is 6.54. The average molecular weight is 582 g/mol. The van der Waals surface area contributed by atoms with Crippen LogP contribution in [-0.2, 0) is 30.2 Å². The maximum atomic E-state index is 13.3. The highest BCUT2D eigenvalue weighted by Crippen LogP contribution is 2.39. The Balaban J connectivity index is 1.24. The Hall–Kier alpha value is -3.90. The molecule has 2 heterocycles. The van der Waals surface area contributed by atoms with Crippen LogP contribution in [0, 0.1) is 0 Å². The van der Waals surface area contributed by atoms with Crippen LogP contribution in [0.25, 0.3) is 0 Å². The monoisotopic (exact) mass is 581 g/mol. The molecule has 11 nitrogen and oxygen atoms in total. The quantitative estimate of drug-likeness (QED) is 0.390. The smallest absolute Gasteiger partial charge is 0.269 e. The van der Waals surface area contributed by atoms with Crippen molar-refractivity contribution in [2.75, 3.05) is 39.5 Å². The second kappa shape index (κ2) is 11.9. The van der Waals surface area contributed by atoms with Gasteiger partial charge in [-0.15, -0.1) is 0 Å². The van der Waals surface area contributed by atoms with Gasteiger partial charge in [0.1, 0.15) is 12.3 Å². The summed E-state index contributed by atoms with van der Waals surface area (Å²) in [5, 5.41) is 7.42. The number of amides is 2. The van der Waals surface area contributed by atoms with Crippen molar-refractivity contribution in [1.29, 1.82) is 0 Å². The second-order valence-electron chi connectivity index (χ2n) is 10.4. The molecule has 0 bridgehead atoms. The second-order valence-corrected chi connectivity index (χ2v) is 12.4. The molecule has 0 unspecified atom stereocenters. The molecule has 1 N–H and O–H groups in total. The number of aromatic nitrogens is 2. The van der Waals surface area contributed by atoms with Crippen LogP contribution < -0.4 is 14.8 Å². The van der Waals surface area contributed by atoms with Crippen molar-refractivity contribution in [2.45, 2.75) is 31.9 Å².